The minimum absolute atomic E-state index is 0.119. The molecule has 86 valence electrons. The molecule has 0 aromatic heterocycles. The third-order valence-corrected chi connectivity index (χ3v) is 2.23. The Morgan fingerprint density at radius 2 is 1.57 bits per heavy atom. The molecule has 14 heavy (non-hydrogen) atoms. The van der Waals surface area contributed by atoms with Crippen LogP contribution in [0.3, 0.4) is 0 Å². The summed E-state index contributed by atoms with van der Waals surface area (Å²) in [5.74, 6) is 0.237. The van der Waals surface area contributed by atoms with Crippen LogP contribution in [0.25, 0.3) is 0 Å². The minimum atomic E-state index is -4.53. The second-order valence-electron chi connectivity index (χ2n) is 4.71. The lowest BCUT2D eigenvalue weighted by Gasteiger charge is -2.29. The van der Waals surface area contributed by atoms with Gasteiger partial charge >= 0.3 is 6.18 Å². The van der Waals surface area contributed by atoms with E-state index in [1.807, 2.05) is 13.8 Å². The van der Waals surface area contributed by atoms with E-state index in [1.54, 1.807) is 6.92 Å². The molecule has 0 aliphatic heterocycles. The number of hydrogen-bond donors (Lipinski definition) is 1. The molecule has 0 saturated carbocycles. The first-order chi connectivity index (χ1) is 6.06. The fourth-order valence-electron chi connectivity index (χ4n) is 1.68. The van der Waals surface area contributed by atoms with E-state index in [9.17, 15) is 18.3 Å². The van der Waals surface area contributed by atoms with Crippen LogP contribution in [0, 0.1) is 11.8 Å². The maximum atomic E-state index is 12.3. The minimum Gasteiger partial charge on any atom is -0.381 e. The first-order valence-electron chi connectivity index (χ1n) is 4.85. The first-order valence-corrected chi connectivity index (χ1v) is 4.85. The van der Waals surface area contributed by atoms with Crippen LogP contribution in [0.1, 0.15) is 40.5 Å². The van der Waals surface area contributed by atoms with Gasteiger partial charge in [0.1, 0.15) is 0 Å². The lowest BCUT2D eigenvalue weighted by Crippen LogP contribution is -2.43. The zero-order chi connectivity index (χ0) is 11.6. The summed E-state index contributed by atoms with van der Waals surface area (Å²) in [6, 6.07) is 0. The highest BCUT2D eigenvalue weighted by Crippen LogP contribution is 2.36. The van der Waals surface area contributed by atoms with Crippen molar-refractivity contribution in [3.8, 4) is 0 Å². The number of halogens is 3. The summed E-state index contributed by atoms with van der Waals surface area (Å²) in [6.07, 6.45) is -4.06. The van der Waals surface area contributed by atoms with Gasteiger partial charge in [0, 0.05) is 0 Å². The fraction of sp³-hybridized carbons (Fsp3) is 1.00. The van der Waals surface area contributed by atoms with Crippen LogP contribution in [0.5, 0.6) is 0 Å². The van der Waals surface area contributed by atoms with Gasteiger partial charge in [0.2, 0.25) is 0 Å². The van der Waals surface area contributed by atoms with E-state index in [0.717, 1.165) is 6.92 Å². The van der Waals surface area contributed by atoms with Crippen molar-refractivity contribution < 1.29 is 18.3 Å². The lowest BCUT2D eigenvalue weighted by atomic mass is 9.87. The van der Waals surface area contributed by atoms with Gasteiger partial charge in [-0.2, -0.15) is 13.2 Å². The van der Waals surface area contributed by atoms with Gasteiger partial charge in [-0.25, -0.2) is 0 Å². The predicted octanol–water partition coefficient (Wildman–Crippen LogP) is 3.37. The quantitative estimate of drug-likeness (QED) is 0.757. The van der Waals surface area contributed by atoms with Crippen LogP contribution >= 0.6 is 0 Å². The van der Waals surface area contributed by atoms with Crippen molar-refractivity contribution in [1.82, 2.24) is 0 Å². The highest BCUT2D eigenvalue weighted by Gasteiger charge is 2.50. The summed E-state index contributed by atoms with van der Waals surface area (Å²) >= 11 is 0. The molecule has 0 aromatic rings. The largest absolute Gasteiger partial charge is 0.416 e. The van der Waals surface area contributed by atoms with E-state index in [1.165, 1.54) is 0 Å². The topological polar surface area (TPSA) is 20.2 Å². The van der Waals surface area contributed by atoms with Crippen molar-refractivity contribution >= 4 is 0 Å². The number of rotatable bonds is 4. The van der Waals surface area contributed by atoms with Gasteiger partial charge in [-0.3, -0.25) is 0 Å². The molecule has 0 amide bonds. The third kappa shape index (κ3) is 4.31. The summed E-state index contributed by atoms with van der Waals surface area (Å²) in [7, 11) is 0. The van der Waals surface area contributed by atoms with Crippen LogP contribution in [0.15, 0.2) is 0 Å². The Morgan fingerprint density at radius 3 is 1.86 bits per heavy atom. The van der Waals surface area contributed by atoms with Gasteiger partial charge in [-0.1, -0.05) is 20.8 Å². The zero-order valence-corrected chi connectivity index (χ0v) is 9.15. The Hall–Kier alpha value is -0.250. The Bertz CT molecular complexity index is 173. The second-order valence-corrected chi connectivity index (χ2v) is 4.71. The van der Waals surface area contributed by atoms with Gasteiger partial charge in [0.15, 0.2) is 5.60 Å². The fourth-order valence-corrected chi connectivity index (χ4v) is 1.68. The third-order valence-electron chi connectivity index (χ3n) is 2.23. The van der Waals surface area contributed by atoms with Crippen LogP contribution in [-0.2, 0) is 0 Å². The molecular formula is C10H19F3O. The molecular weight excluding hydrogens is 193 g/mol. The number of aliphatic hydroxyl groups is 1. The van der Waals surface area contributed by atoms with E-state index in [2.05, 4.69) is 0 Å². The highest BCUT2D eigenvalue weighted by molar-refractivity contribution is 4.83. The molecule has 0 aromatic carbocycles. The monoisotopic (exact) mass is 212 g/mol. The maximum absolute atomic E-state index is 12.3. The molecule has 2 unspecified atom stereocenters. The lowest BCUT2D eigenvalue weighted by molar-refractivity contribution is -0.258. The number of alkyl halides is 3. The van der Waals surface area contributed by atoms with Gasteiger partial charge in [0.25, 0.3) is 0 Å². The van der Waals surface area contributed by atoms with Crippen molar-refractivity contribution in [2.45, 2.75) is 52.3 Å². The second kappa shape index (κ2) is 4.51. The molecule has 1 nitrogen and oxygen atoms in total. The molecule has 0 bridgehead atoms. The summed E-state index contributed by atoms with van der Waals surface area (Å²) in [4.78, 5) is 0. The van der Waals surface area contributed by atoms with E-state index in [0.29, 0.717) is 12.3 Å². The van der Waals surface area contributed by atoms with Crippen molar-refractivity contribution in [1.29, 1.82) is 0 Å². The van der Waals surface area contributed by atoms with Gasteiger partial charge < -0.3 is 5.11 Å². The van der Waals surface area contributed by atoms with Crippen LogP contribution in [0.2, 0.25) is 0 Å². The summed E-state index contributed by atoms with van der Waals surface area (Å²) in [6.45, 7) is 6.49. The zero-order valence-electron chi connectivity index (χ0n) is 9.15. The molecule has 1 N–H and O–H groups in total. The molecule has 0 fully saturated rings. The van der Waals surface area contributed by atoms with Gasteiger partial charge in [0.05, 0.1) is 0 Å². The molecule has 0 heterocycles. The van der Waals surface area contributed by atoms with E-state index >= 15 is 0 Å². The molecule has 4 heteroatoms. The van der Waals surface area contributed by atoms with Crippen LogP contribution in [0.4, 0.5) is 13.2 Å². The SMILES string of the molecule is CC(C)CC(C)CC(C)(O)C(F)(F)F. The Balaban J connectivity index is 4.22. The molecule has 0 rings (SSSR count). The van der Waals surface area contributed by atoms with Crippen LogP contribution < -0.4 is 0 Å². The van der Waals surface area contributed by atoms with Crippen LogP contribution in [-0.4, -0.2) is 16.9 Å². The Kier molecular flexibility index (Phi) is 4.43. The average Bonchev–Trinajstić information content (AvgIpc) is 1.79. The Morgan fingerprint density at radius 1 is 1.14 bits per heavy atom. The average molecular weight is 212 g/mol. The summed E-state index contributed by atoms with van der Waals surface area (Å²) in [5, 5.41) is 9.21. The van der Waals surface area contributed by atoms with E-state index in [-0.39, 0.29) is 12.3 Å². The van der Waals surface area contributed by atoms with Crippen molar-refractivity contribution in [3.63, 3.8) is 0 Å². The smallest absolute Gasteiger partial charge is 0.381 e. The molecule has 0 aliphatic carbocycles. The molecule has 2 atom stereocenters. The predicted molar refractivity (Wildman–Crippen MR) is 49.9 cm³/mol. The maximum Gasteiger partial charge on any atom is 0.416 e. The van der Waals surface area contributed by atoms with E-state index < -0.39 is 11.8 Å². The van der Waals surface area contributed by atoms with Crippen molar-refractivity contribution in [3.05, 3.63) is 0 Å². The van der Waals surface area contributed by atoms with Gasteiger partial charge in [-0.05, 0) is 31.6 Å². The molecule has 0 saturated heterocycles. The summed E-state index contributed by atoms with van der Waals surface area (Å²) in [5.41, 5.74) is -2.55. The van der Waals surface area contributed by atoms with Crippen molar-refractivity contribution in [2.75, 3.05) is 0 Å². The molecule has 0 aliphatic rings. The van der Waals surface area contributed by atoms with E-state index in [4.69, 9.17) is 0 Å². The molecule has 0 spiro atoms. The van der Waals surface area contributed by atoms with Gasteiger partial charge in [-0.15, -0.1) is 0 Å². The summed E-state index contributed by atoms with van der Waals surface area (Å²) < 4.78 is 36.8. The Labute approximate surface area is 83.3 Å². The highest BCUT2D eigenvalue weighted by atomic mass is 19.4. The van der Waals surface area contributed by atoms with Crippen molar-refractivity contribution in [2.24, 2.45) is 11.8 Å². The molecule has 0 radical (unpaired) electrons. The standard InChI is InChI=1S/C10H19F3O/c1-7(2)5-8(3)6-9(4,14)10(11,12)13/h7-8,14H,5-6H2,1-4H3. The normalized spacial score (nSPS) is 19.5. The number of hydrogen-bond acceptors (Lipinski definition) is 1. The first kappa shape index (κ1) is 13.8.